The number of hydrogen-bond acceptors (Lipinski definition) is 3. The van der Waals surface area contributed by atoms with Crippen LogP contribution in [0, 0.1) is 0 Å². The predicted molar refractivity (Wildman–Crippen MR) is 64.1 cm³/mol. The maximum atomic E-state index is 6.00. The standard InChI is InChI=1S/C11H10N4.W/c1-13-5-2-3-9-11(12)8-4-6-14-7-10(8)15-9;/h1-7,15H,12H2;. The van der Waals surface area contributed by atoms with Gasteiger partial charge in [-0.05, 0) is 0 Å². The van der Waals surface area contributed by atoms with Gasteiger partial charge in [0.15, 0.2) is 0 Å². The van der Waals surface area contributed by atoms with Crippen molar-refractivity contribution in [1.82, 2.24) is 9.97 Å². The molecule has 0 aliphatic carbocycles. The number of aromatic amines is 1. The fourth-order valence-electron chi connectivity index (χ4n) is 1.44. The molecule has 0 radical (unpaired) electrons. The minimum absolute atomic E-state index is 0.744. The summed E-state index contributed by atoms with van der Waals surface area (Å²) in [6.45, 7) is 0. The van der Waals surface area contributed by atoms with E-state index in [4.69, 9.17) is 5.73 Å². The van der Waals surface area contributed by atoms with Crippen molar-refractivity contribution < 1.29 is 19.4 Å². The number of allylic oxidation sites excluding steroid dienone is 1. The van der Waals surface area contributed by atoms with Gasteiger partial charge in [-0.1, -0.05) is 0 Å². The number of rotatable bonds is 3. The Bertz CT molecular complexity index is 568. The first-order chi connectivity index (χ1) is 7.83. The summed E-state index contributed by atoms with van der Waals surface area (Å²) >= 11 is 1.33. The van der Waals surface area contributed by atoms with Gasteiger partial charge in [0.25, 0.3) is 0 Å². The number of nitrogens with zero attached hydrogens (tertiary/aromatic N) is 2. The van der Waals surface area contributed by atoms with Gasteiger partial charge in [-0.3, -0.25) is 0 Å². The second kappa shape index (κ2) is 4.99. The number of aliphatic imine (C=N–C) groups is 1. The summed E-state index contributed by atoms with van der Waals surface area (Å²) in [5, 5.41) is 0.998. The third-order valence-electron chi connectivity index (χ3n) is 2.17. The van der Waals surface area contributed by atoms with Crippen molar-refractivity contribution in [3.05, 3.63) is 30.2 Å². The number of anilines is 1. The van der Waals surface area contributed by atoms with Crippen molar-refractivity contribution in [1.29, 1.82) is 0 Å². The minimum atomic E-state index is 0.744. The zero-order valence-corrected chi connectivity index (χ0v) is 11.4. The molecule has 0 aliphatic rings. The molecule has 0 atom stereocenters. The number of aromatic nitrogens is 2. The van der Waals surface area contributed by atoms with Gasteiger partial charge in [0.05, 0.1) is 0 Å². The molecule has 2 rings (SSSR count). The van der Waals surface area contributed by atoms with Gasteiger partial charge in [-0.2, -0.15) is 0 Å². The first-order valence-electron chi connectivity index (χ1n) is 4.67. The van der Waals surface area contributed by atoms with Gasteiger partial charge >= 0.3 is 104 Å². The molecule has 0 spiro atoms. The summed E-state index contributed by atoms with van der Waals surface area (Å²) in [5.41, 5.74) is 8.57. The van der Waals surface area contributed by atoms with Gasteiger partial charge in [0, 0.05) is 0 Å². The summed E-state index contributed by atoms with van der Waals surface area (Å²) in [6, 6.07) is 1.90. The van der Waals surface area contributed by atoms with E-state index in [-0.39, 0.29) is 0 Å². The van der Waals surface area contributed by atoms with Crippen molar-refractivity contribution in [2.24, 2.45) is 4.99 Å². The summed E-state index contributed by atoms with van der Waals surface area (Å²) in [6.07, 6.45) is 8.98. The molecule has 0 aliphatic heterocycles. The molecule has 3 N–H and O–H groups in total. The maximum absolute atomic E-state index is 6.00. The summed E-state index contributed by atoms with van der Waals surface area (Å²) in [4.78, 5) is 11.2. The van der Waals surface area contributed by atoms with E-state index in [1.165, 1.54) is 19.4 Å². The van der Waals surface area contributed by atoms with Crippen molar-refractivity contribution in [2.45, 2.75) is 0 Å². The normalized spacial score (nSPS) is 11.8. The Kier molecular flexibility index (Phi) is 3.42. The fourth-order valence-corrected chi connectivity index (χ4v) is 1.69. The van der Waals surface area contributed by atoms with Crippen LogP contribution in [0.1, 0.15) is 5.69 Å². The Morgan fingerprint density at radius 3 is 3.12 bits per heavy atom. The summed E-state index contributed by atoms with van der Waals surface area (Å²) in [7, 11) is 0. The topological polar surface area (TPSA) is 67.1 Å². The van der Waals surface area contributed by atoms with Crippen LogP contribution in [-0.2, 0) is 19.4 Å². The van der Waals surface area contributed by atoms with Crippen LogP contribution >= 0.6 is 0 Å². The summed E-state index contributed by atoms with van der Waals surface area (Å²) in [5.74, 6) is 0. The number of pyridine rings is 1. The number of hydrogen-bond donors (Lipinski definition) is 2. The number of H-pyrrole nitrogens is 1. The van der Waals surface area contributed by atoms with E-state index in [2.05, 4.69) is 15.0 Å². The van der Waals surface area contributed by atoms with E-state index in [1.807, 2.05) is 22.7 Å². The van der Waals surface area contributed by atoms with Gasteiger partial charge < -0.3 is 0 Å². The molecule has 0 fully saturated rings. The molecule has 0 unspecified atom stereocenters. The van der Waals surface area contributed by atoms with Gasteiger partial charge in [0.2, 0.25) is 0 Å². The quantitative estimate of drug-likeness (QED) is 0.792. The van der Waals surface area contributed by atoms with Crippen LogP contribution in [0.15, 0.2) is 29.5 Å². The molecule has 0 saturated heterocycles. The van der Waals surface area contributed by atoms with Crippen LogP contribution in [0.4, 0.5) is 5.69 Å². The molecule has 4 nitrogen and oxygen atoms in total. The Hall–Kier alpha value is -1.54. The monoisotopic (exact) mass is 382 g/mol. The third kappa shape index (κ3) is 2.17. The molecule has 16 heavy (non-hydrogen) atoms. The second-order valence-electron chi connectivity index (χ2n) is 3.14. The predicted octanol–water partition coefficient (Wildman–Crippen LogP) is 1.54. The van der Waals surface area contributed by atoms with Crippen LogP contribution in [0.5, 0.6) is 0 Å². The average molecular weight is 382 g/mol. The van der Waals surface area contributed by atoms with E-state index < -0.39 is 0 Å². The summed E-state index contributed by atoms with van der Waals surface area (Å²) < 4.78 is 1.81. The molecule has 0 aromatic carbocycles. The molecule has 2 heterocycles. The molecule has 0 saturated carbocycles. The Morgan fingerprint density at radius 2 is 2.38 bits per heavy atom. The van der Waals surface area contributed by atoms with E-state index in [0.29, 0.717) is 0 Å². The molecule has 2 aromatic heterocycles. The van der Waals surface area contributed by atoms with E-state index in [9.17, 15) is 0 Å². The molecule has 5 heteroatoms. The second-order valence-corrected chi connectivity index (χ2v) is 3.89. The number of nitrogens with one attached hydrogen (secondary N) is 1. The SMILES string of the molecule is Nc1c(C=CC=N[CH]=[W])[nH]c2cnccc12. The van der Waals surface area contributed by atoms with E-state index in [0.717, 1.165) is 22.3 Å². The molecule has 0 amide bonds. The van der Waals surface area contributed by atoms with E-state index >= 15 is 0 Å². The zero-order valence-electron chi connectivity index (χ0n) is 8.42. The van der Waals surface area contributed by atoms with Crippen LogP contribution in [0.3, 0.4) is 0 Å². The van der Waals surface area contributed by atoms with Crippen LogP contribution in [0.25, 0.3) is 17.0 Å². The number of fused-ring (bicyclic) bond motifs is 1. The Labute approximate surface area is 104 Å². The third-order valence-corrected chi connectivity index (χ3v) is 2.60. The molecule has 80 valence electrons. The van der Waals surface area contributed by atoms with Gasteiger partial charge in [0.1, 0.15) is 0 Å². The average Bonchev–Trinajstić information content (AvgIpc) is 2.63. The Morgan fingerprint density at radius 1 is 1.50 bits per heavy atom. The van der Waals surface area contributed by atoms with Crippen molar-refractivity contribution in [2.75, 3.05) is 5.73 Å². The van der Waals surface area contributed by atoms with Crippen molar-refractivity contribution in [3.8, 4) is 0 Å². The van der Waals surface area contributed by atoms with Gasteiger partial charge in [-0.15, -0.1) is 0 Å². The van der Waals surface area contributed by atoms with Crippen LogP contribution in [-0.4, -0.2) is 20.7 Å². The van der Waals surface area contributed by atoms with Crippen LogP contribution in [0.2, 0.25) is 0 Å². The molecule has 0 bridgehead atoms. The Balaban J connectivity index is 2.38. The molecule has 2 aromatic rings. The van der Waals surface area contributed by atoms with Crippen molar-refractivity contribution >= 4 is 33.4 Å². The fraction of sp³-hybridized carbons (Fsp3) is 0. The van der Waals surface area contributed by atoms with Gasteiger partial charge in [-0.25, -0.2) is 0 Å². The first-order valence-corrected chi connectivity index (χ1v) is 6.37. The van der Waals surface area contributed by atoms with Crippen LogP contribution < -0.4 is 5.73 Å². The molecular formula is C11H10N4W. The van der Waals surface area contributed by atoms with Crippen molar-refractivity contribution in [3.63, 3.8) is 0 Å². The van der Waals surface area contributed by atoms with E-state index in [1.54, 1.807) is 18.6 Å². The zero-order chi connectivity index (χ0) is 11.4. The molecular weight excluding hydrogens is 372 g/mol. The first kappa shape index (κ1) is 11.0. The number of nitrogen functional groups attached to an aromatic ring is 1. The number of nitrogens with two attached hydrogens (primary N) is 1.